The van der Waals surface area contributed by atoms with E-state index in [4.69, 9.17) is 4.74 Å². The summed E-state index contributed by atoms with van der Waals surface area (Å²) in [5.74, 6) is 0.464. The van der Waals surface area contributed by atoms with Crippen LogP contribution in [0.25, 0.3) is 0 Å². The Bertz CT molecular complexity index is 896. The number of ether oxygens (including phenoxy) is 1. The molecule has 0 bridgehead atoms. The minimum Gasteiger partial charge on any atom is -0.484 e. The predicted octanol–water partition coefficient (Wildman–Crippen LogP) is 3.85. The number of thiol groups is 1. The molecule has 1 atom stereocenters. The topological polar surface area (TPSA) is 77.0 Å². The van der Waals surface area contributed by atoms with E-state index in [0.717, 1.165) is 11.1 Å². The number of aryl methyl sites for hydroxylation is 1. The highest BCUT2D eigenvalue weighted by Gasteiger charge is 2.13. The molecule has 0 radical (unpaired) electrons. The van der Waals surface area contributed by atoms with Crippen LogP contribution < -0.4 is 10.1 Å². The molecule has 2 aromatic rings. The molecular weight excluding hydrogens is 376 g/mol. The number of nitrogens with one attached hydrogen (secondary N) is 1. The van der Waals surface area contributed by atoms with Crippen LogP contribution in [0.5, 0.6) is 5.75 Å². The molecule has 0 aromatic heterocycles. The van der Waals surface area contributed by atoms with Gasteiger partial charge in [-0.15, -0.1) is 0 Å². The van der Waals surface area contributed by atoms with Gasteiger partial charge in [0, 0.05) is 6.54 Å². The maximum Gasteiger partial charge on any atom is 0.258 e. The van der Waals surface area contributed by atoms with Gasteiger partial charge in [0.15, 0.2) is 17.5 Å². The van der Waals surface area contributed by atoms with E-state index in [1.54, 1.807) is 6.07 Å². The van der Waals surface area contributed by atoms with E-state index < -0.39 is 10.9 Å². The molecule has 1 N–H and O–H groups in total. The third-order valence-corrected chi connectivity index (χ3v) is 4.88. The Balaban J connectivity index is 1.85. The molecule has 0 saturated carbocycles. The number of rotatable bonds is 7. The summed E-state index contributed by atoms with van der Waals surface area (Å²) in [6, 6.07) is 13.3. The average Bonchev–Trinajstić information content (AvgIpc) is 2.66. The van der Waals surface area contributed by atoms with Crippen molar-refractivity contribution < 1.29 is 17.9 Å². The van der Waals surface area contributed by atoms with Crippen LogP contribution in [-0.2, 0) is 31.8 Å². The molecule has 7 heteroatoms. The van der Waals surface area contributed by atoms with Crippen LogP contribution >= 0.6 is 0 Å². The largest absolute Gasteiger partial charge is 0.484 e. The second kappa shape index (κ2) is 9.71. The van der Waals surface area contributed by atoms with Crippen molar-refractivity contribution in [1.29, 1.82) is 0 Å². The van der Waals surface area contributed by atoms with Gasteiger partial charge in [0.2, 0.25) is 0 Å². The molecule has 6 nitrogen and oxygen atoms in total. The number of benzene rings is 2. The van der Waals surface area contributed by atoms with E-state index in [1.807, 2.05) is 43.3 Å². The third kappa shape index (κ3) is 6.65. The number of hydrogen-bond donors (Lipinski definition) is 2. The first-order valence-electron chi connectivity index (χ1n) is 9.01. The summed E-state index contributed by atoms with van der Waals surface area (Å²) >= 11 is 0. The summed E-state index contributed by atoms with van der Waals surface area (Å²) < 4.78 is 25.6. The number of hydrogen-bond acceptors (Lipinski definition) is 5. The van der Waals surface area contributed by atoms with Crippen LogP contribution in [0.3, 0.4) is 0 Å². The molecule has 0 spiro atoms. The summed E-state index contributed by atoms with van der Waals surface area (Å²) in [5.41, 5.74) is 3.69. The van der Waals surface area contributed by atoms with E-state index in [1.165, 1.54) is 12.7 Å². The van der Waals surface area contributed by atoms with Crippen molar-refractivity contribution in [1.82, 2.24) is 5.32 Å². The Labute approximate surface area is 168 Å². The Morgan fingerprint density at radius 1 is 1.14 bits per heavy atom. The van der Waals surface area contributed by atoms with Crippen molar-refractivity contribution in [3.8, 4) is 5.75 Å². The average molecular weight is 405 g/mol. The first-order valence-corrected chi connectivity index (χ1v) is 10.1. The predicted molar refractivity (Wildman–Crippen MR) is 112 cm³/mol. The minimum absolute atomic E-state index is 0.0461. The van der Waals surface area contributed by atoms with Gasteiger partial charge in [-0.25, -0.2) is 4.21 Å². The van der Waals surface area contributed by atoms with Crippen LogP contribution in [0.4, 0.5) is 5.69 Å². The highest BCUT2D eigenvalue weighted by atomic mass is 32.2. The van der Waals surface area contributed by atoms with Crippen molar-refractivity contribution in [2.24, 2.45) is 4.36 Å². The standard InChI is InChI=1S/C21H28N2O4S/c1-15-12-16(6-11-19(15)23-28(25)26-5)13-22-20(24)14-27-18-9-7-17(8-10-18)21(2,3)4/h6-12,28H,13-14H2,1-5H3,(H,22,24). The zero-order chi connectivity index (χ0) is 20.7. The molecule has 0 heterocycles. The maximum absolute atomic E-state index is 12.0. The zero-order valence-electron chi connectivity index (χ0n) is 17.0. The van der Waals surface area contributed by atoms with Crippen molar-refractivity contribution in [3.05, 3.63) is 59.2 Å². The molecule has 0 saturated heterocycles. The lowest BCUT2D eigenvalue weighted by Crippen LogP contribution is -2.28. The smallest absolute Gasteiger partial charge is 0.258 e. The molecule has 0 fully saturated rings. The third-order valence-electron chi connectivity index (χ3n) is 4.19. The Hall–Kier alpha value is -2.38. The maximum atomic E-state index is 12.0. The van der Waals surface area contributed by atoms with Crippen LogP contribution in [0.15, 0.2) is 46.8 Å². The van der Waals surface area contributed by atoms with Gasteiger partial charge in [0.1, 0.15) is 5.75 Å². The van der Waals surface area contributed by atoms with Gasteiger partial charge in [0.05, 0.1) is 12.8 Å². The summed E-state index contributed by atoms with van der Waals surface area (Å²) in [4.78, 5) is 12.0. The molecule has 2 rings (SSSR count). The fourth-order valence-corrected chi connectivity index (χ4v) is 3.00. The van der Waals surface area contributed by atoms with Gasteiger partial charge in [-0.05, 0) is 47.2 Å². The van der Waals surface area contributed by atoms with Crippen LogP contribution in [-0.4, -0.2) is 23.8 Å². The second-order valence-electron chi connectivity index (χ2n) is 7.48. The van der Waals surface area contributed by atoms with Crippen molar-refractivity contribution in [3.63, 3.8) is 0 Å². The van der Waals surface area contributed by atoms with E-state index in [9.17, 15) is 9.00 Å². The van der Waals surface area contributed by atoms with Gasteiger partial charge in [-0.1, -0.05) is 45.0 Å². The van der Waals surface area contributed by atoms with Crippen LogP contribution in [0, 0.1) is 6.92 Å². The molecule has 0 aliphatic carbocycles. The van der Waals surface area contributed by atoms with E-state index in [-0.39, 0.29) is 17.9 Å². The summed E-state index contributed by atoms with van der Waals surface area (Å²) in [5, 5.41) is 2.83. The van der Waals surface area contributed by atoms with E-state index in [0.29, 0.717) is 18.0 Å². The summed E-state index contributed by atoms with van der Waals surface area (Å²) in [7, 11) is -0.696. The SMILES string of the molecule is CO[SH](=O)=Nc1ccc(CNC(=O)COc2ccc(C(C)(C)C)cc2)cc1C. The Morgan fingerprint density at radius 2 is 1.82 bits per heavy atom. The van der Waals surface area contributed by atoms with Crippen molar-refractivity contribution in [2.75, 3.05) is 13.7 Å². The normalized spacial score (nSPS) is 12.6. The number of carbonyl (C=O) groups excluding carboxylic acids is 1. The second-order valence-corrected chi connectivity index (χ2v) is 8.52. The van der Waals surface area contributed by atoms with E-state index in [2.05, 4.69) is 34.6 Å². The Kier molecular flexibility index (Phi) is 7.60. The number of carbonyl (C=O) groups is 1. The van der Waals surface area contributed by atoms with Gasteiger partial charge >= 0.3 is 0 Å². The molecule has 2 aromatic carbocycles. The molecule has 0 aliphatic rings. The minimum atomic E-state index is -2.05. The highest BCUT2D eigenvalue weighted by Crippen LogP contribution is 2.24. The summed E-state index contributed by atoms with van der Waals surface area (Å²) in [6.07, 6.45) is 0. The lowest BCUT2D eigenvalue weighted by molar-refractivity contribution is -0.123. The highest BCUT2D eigenvalue weighted by molar-refractivity contribution is 7.69. The number of nitrogens with zero attached hydrogens (tertiary/aromatic N) is 1. The monoisotopic (exact) mass is 404 g/mol. The Morgan fingerprint density at radius 3 is 2.39 bits per heavy atom. The molecule has 1 amide bonds. The van der Waals surface area contributed by atoms with Gasteiger partial charge in [-0.2, -0.15) is 4.36 Å². The lowest BCUT2D eigenvalue weighted by atomic mass is 9.87. The van der Waals surface area contributed by atoms with Crippen LogP contribution in [0.1, 0.15) is 37.5 Å². The van der Waals surface area contributed by atoms with Crippen molar-refractivity contribution in [2.45, 2.75) is 39.7 Å². The quantitative estimate of drug-likeness (QED) is 0.688. The van der Waals surface area contributed by atoms with Gasteiger partial charge in [-0.3, -0.25) is 8.98 Å². The molecule has 0 aliphatic heterocycles. The molecule has 1 unspecified atom stereocenters. The fourth-order valence-electron chi connectivity index (χ4n) is 2.52. The molecule has 152 valence electrons. The zero-order valence-corrected chi connectivity index (χ0v) is 17.9. The van der Waals surface area contributed by atoms with Gasteiger partial charge in [0.25, 0.3) is 5.91 Å². The van der Waals surface area contributed by atoms with E-state index >= 15 is 0 Å². The van der Waals surface area contributed by atoms with Crippen LogP contribution in [0.2, 0.25) is 0 Å². The number of amides is 1. The first kappa shape index (κ1) is 21.9. The lowest BCUT2D eigenvalue weighted by Gasteiger charge is -2.19. The fraction of sp³-hybridized carbons (Fsp3) is 0.381. The van der Waals surface area contributed by atoms with Gasteiger partial charge < -0.3 is 10.1 Å². The molecule has 28 heavy (non-hydrogen) atoms. The molecular formula is C21H28N2O4S. The summed E-state index contributed by atoms with van der Waals surface area (Å²) in [6.45, 7) is 8.65. The first-order chi connectivity index (χ1) is 13.2. The van der Waals surface area contributed by atoms with Crippen molar-refractivity contribution >= 4 is 22.5 Å².